The summed E-state index contributed by atoms with van der Waals surface area (Å²) in [4.78, 5) is 23.6. The molecule has 0 unspecified atom stereocenters. The van der Waals surface area contributed by atoms with Crippen LogP contribution in [-0.4, -0.2) is 25.6 Å². The number of hydrogen-bond acceptors (Lipinski definition) is 5. The van der Waals surface area contributed by atoms with Crippen LogP contribution in [-0.2, 0) is 9.53 Å². The third kappa shape index (κ3) is 5.36. The summed E-state index contributed by atoms with van der Waals surface area (Å²) in [6.07, 6.45) is 2.95. The Balaban J connectivity index is 2.03. The number of esters is 1. The molecule has 0 aliphatic carbocycles. The van der Waals surface area contributed by atoms with Crippen molar-refractivity contribution in [1.29, 1.82) is 5.26 Å². The topological polar surface area (TPSA) is 88.4 Å². The lowest BCUT2D eigenvalue weighted by molar-refractivity contribution is -0.111. The van der Waals surface area contributed by atoms with Crippen LogP contribution in [0, 0.1) is 11.3 Å². The van der Waals surface area contributed by atoms with E-state index in [2.05, 4.69) is 10.1 Å². The molecular weight excluding hydrogens is 356 g/mol. The summed E-state index contributed by atoms with van der Waals surface area (Å²) in [5.41, 5.74) is 1.37. The molecule has 132 valence electrons. The van der Waals surface area contributed by atoms with E-state index in [4.69, 9.17) is 21.6 Å². The first-order valence-corrected chi connectivity index (χ1v) is 7.88. The van der Waals surface area contributed by atoms with Crippen LogP contribution in [0.25, 0.3) is 6.08 Å². The maximum absolute atomic E-state index is 12.1. The van der Waals surface area contributed by atoms with Gasteiger partial charge < -0.3 is 14.8 Å². The molecule has 26 heavy (non-hydrogen) atoms. The average Bonchev–Trinajstić information content (AvgIpc) is 2.66. The molecule has 7 heteroatoms. The molecule has 0 aliphatic rings. The fourth-order valence-corrected chi connectivity index (χ4v) is 2.17. The number of anilines is 1. The zero-order valence-electron chi connectivity index (χ0n) is 13.9. The smallest absolute Gasteiger partial charge is 0.337 e. The molecule has 0 saturated carbocycles. The molecule has 0 fully saturated rings. The number of amides is 1. The van der Waals surface area contributed by atoms with Crippen molar-refractivity contribution in [1.82, 2.24) is 0 Å². The highest BCUT2D eigenvalue weighted by Gasteiger charge is 2.10. The van der Waals surface area contributed by atoms with E-state index in [0.29, 0.717) is 16.5 Å². The van der Waals surface area contributed by atoms with Gasteiger partial charge in [-0.1, -0.05) is 23.7 Å². The third-order valence-electron chi connectivity index (χ3n) is 3.26. The number of carbonyl (C=O) groups is 2. The van der Waals surface area contributed by atoms with E-state index in [0.717, 1.165) is 5.56 Å². The fourth-order valence-electron chi connectivity index (χ4n) is 2.00. The Kier molecular flexibility index (Phi) is 6.77. The Bertz CT molecular complexity index is 870. The number of nitrogens with one attached hydrogen (secondary N) is 1. The minimum atomic E-state index is -0.522. The maximum Gasteiger partial charge on any atom is 0.337 e. The molecule has 0 saturated heterocycles. The van der Waals surface area contributed by atoms with E-state index in [1.807, 2.05) is 6.07 Å². The first-order chi connectivity index (χ1) is 12.5. The minimum absolute atomic E-state index is 0.0248. The van der Waals surface area contributed by atoms with Crippen molar-refractivity contribution < 1.29 is 19.1 Å². The number of nitriles is 1. The SMILES string of the molecule is COC(=O)c1ccc(Cl)c(NC(=O)C=Cc2ccc(OCC#N)cc2)c1. The second-order valence-corrected chi connectivity index (χ2v) is 5.43. The summed E-state index contributed by atoms with van der Waals surface area (Å²) >= 11 is 6.04. The average molecular weight is 371 g/mol. The molecule has 2 aromatic rings. The van der Waals surface area contributed by atoms with Crippen LogP contribution in [0.5, 0.6) is 5.75 Å². The Morgan fingerprint density at radius 3 is 2.62 bits per heavy atom. The first kappa shape index (κ1) is 19.0. The van der Waals surface area contributed by atoms with Gasteiger partial charge in [0, 0.05) is 6.08 Å². The van der Waals surface area contributed by atoms with Crippen molar-refractivity contribution in [2.24, 2.45) is 0 Å². The van der Waals surface area contributed by atoms with Gasteiger partial charge in [0.15, 0.2) is 6.61 Å². The number of benzene rings is 2. The number of carbonyl (C=O) groups excluding carboxylic acids is 2. The molecule has 0 radical (unpaired) electrons. The molecule has 0 heterocycles. The van der Waals surface area contributed by atoms with Gasteiger partial charge in [0.05, 0.1) is 23.4 Å². The first-order valence-electron chi connectivity index (χ1n) is 7.50. The molecular formula is C19H15ClN2O4. The van der Waals surface area contributed by atoms with Gasteiger partial charge in [-0.25, -0.2) is 4.79 Å². The highest BCUT2D eigenvalue weighted by molar-refractivity contribution is 6.34. The van der Waals surface area contributed by atoms with Crippen molar-refractivity contribution in [3.8, 4) is 11.8 Å². The number of nitrogens with zero attached hydrogens (tertiary/aromatic N) is 1. The Morgan fingerprint density at radius 2 is 1.96 bits per heavy atom. The molecule has 2 rings (SSSR count). The van der Waals surface area contributed by atoms with Gasteiger partial charge in [-0.05, 0) is 42.0 Å². The zero-order valence-corrected chi connectivity index (χ0v) is 14.6. The van der Waals surface area contributed by atoms with E-state index in [1.54, 1.807) is 30.3 Å². The summed E-state index contributed by atoms with van der Waals surface area (Å²) < 4.78 is 9.79. The lowest BCUT2D eigenvalue weighted by Gasteiger charge is -2.07. The van der Waals surface area contributed by atoms with Crippen molar-refractivity contribution >= 4 is 35.2 Å². The van der Waals surface area contributed by atoms with E-state index in [1.165, 1.54) is 31.4 Å². The van der Waals surface area contributed by atoms with Crippen LogP contribution in [0.4, 0.5) is 5.69 Å². The van der Waals surface area contributed by atoms with Gasteiger partial charge >= 0.3 is 5.97 Å². The number of methoxy groups -OCH3 is 1. The molecule has 0 aromatic heterocycles. The fraction of sp³-hybridized carbons (Fsp3) is 0.105. The highest BCUT2D eigenvalue weighted by Crippen LogP contribution is 2.23. The monoisotopic (exact) mass is 370 g/mol. The van der Waals surface area contributed by atoms with Crippen molar-refractivity contribution in [2.45, 2.75) is 0 Å². The molecule has 1 amide bonds. The normalized spacial score (nSPS) is 10.2. The highest BCUT2D eigenvalue weighted by atomic mass is 35.5. The van der Waals surface area contributed by atoms with Gasteiger partial charge in [0.25, 0.3) is 0 Å². The number of rotatable bonds is 6. The van der Waals surface area contributed by atoms with Crippen LogP contribution >= 0.6 is 11.6 Å². The Hall–Kier alpha value is -3.30. The van der Waals surface area contributed by atoms with Gasteiger partial charge in [-0.2, -0.15) is 5.26 Å². The third-order valence-corrected chi connectivity index (χ3v) is 3.59. The number of hydrogen-bond donors (Lipinski definition) is 1. The van der Waals surface area contributed by atoms with Crippen molar-refractivity contribution in [3.63, 3.8) is 0 Å². The van der Waals surface area contributed by atoms with Crippen LogP contribution in [0.3, 0.4) is 0 Å². The van der Waals surface area contributed by atoms with Crippen LogP contribution in [0.15, 0.2) is 48.5 Å². The molecule has 6 nitrogen and oxygen atoms in total. The van der Waals surface area contributed by atoms with Gasteiger partial charge in [-0.15, -0.1) is 0 Å². The van der Waals surface area contributed by atoms with Crippen LogP contribution in [0.2, 0.25) is 5.02 Å². The predicted octanol–water partition coefficient (Wildman–Crippen LogP) is 3.68. The quantitative estimate of drug-likeness (QED) is 0.619. The molecule has 0 spiro atoms. The molecule has 2 aromatic carbocycles. The molecule has 0 aliphatic heterocycles. The standard InChI is InChI=1S/C19H15ClN2O4/c1-25-19(24)14-5-8-16(20)17(12-14)22-18(23)9-4-13-2-6-15(7-3-13)26-11-10-21/h2-9,12H,11H2,1H3,(H,22,23). The van der Waals surface area contributed by atoms with E-state index in [9.17, 15) is 9.59 Å². The van der Waals surface area contributed by atoms with E-state index in [-0.39, 0.29) is 12.2 Å². The molecule has 0 bridgehead atoms. The minimum Gasteiger partial charge on any atom is -0.479 e. The summed E-state index contributed by atoms with van der Waals surface area (Å²) in [7, 11) is 1.27. The summed E-state index contributed by atoms with van der Waals surface area (Å²) in [6, 6.07) is 13.2. The van der Waals surface area contributed by atoms with Crippen molar-refractivity contribution in [3.05, 3.63) is 64.7 Å². The van der Waals surface area contributed by atoms with Gasteiger partial charge in [0.1, 0.15) is 11.8 Å². The number of halogens is 1. The Morgan fingerprint density at radius 1 is 1.23 bits per heavy atom. The second kappa shape index (κ2) is 9.25. The second-order valence-electron chi connectivity index (χ2n) is 5.02. The lowest BCUT2D eigenvalue weighted by Crippen LogP contribution is -2.09. The summed E-state index contributed by atoms with van der Waals surface area (Å²) in [5, 5.41) is 11.4. The van der Waals surface area contributed by atoms with E-state index < -0.39 is 11.9 Å². The zero-order chi connectivity index (χ0) is 18.9. The predicted molar refractivity (Wildman–Crippen MR) is 98.0 cm³/mol. The number of ether oxygens (including phenoxy) is 2. The molecule has 1 N–H and O–H groups in total. The molecule has 0 atom stereocenters. The van der Waals surface area contributed by atoms with Gasteiger partial charge in [-0.3, -0.25) is 4.79 Å². The van der Waals surface area contributed by atoms with Crippen LogP contribution < -0.4 is 10.1 Å². The maximum atomic E-state index is 12.1. The largest absolute Gasteiger partial charge is 0.479 e. The van der Waals surface area contributed by atoms with Crippen LogP contribution in [0.1, 0.15) is 15.9 Å². The Labute approximate surface area is 155 Å². The lowest BCUT2D eigenvalue weighted by atomic mass is 10.2. The van der Waals surface area contributed by atoms with Crippen molar-refractivity contribution in [2.75, 3.05) is 19.0 Å². The summed E-state index contributed by atoms with van der Waals surface area (Å²) in [5.74, 6) is -0.357. The van der Waals surface area contributed by atoms with E-state index >= 15 is 0 Å². The van der Waals surface area contributed by atoms with Gasteiger partial charge in [0.2, 0.25) is 5.91 Å². The summed E-state index contributed by atoms with van der Waals surface area (Å²) in [6.45, 7) is -0.0248.